The second-order valence-corrected chi connectivity index (χ2v) is 4.53. The smallest absolute Gasteiger partial charge is 0.396 e. The Hall–Kier alpha value is -1.79. The van der Waals surface area contributed by atoms with Gasteiger partial charge >= 0.3 is 6.18 Å². The third-order valence-corrected chi connectivity index (χ3v) is 3.32. The Morgan fingerprint density at radius 2 is 2.06 bits per heavy atom. The lowest BCUT2D eigenvalue weighted by Crippen LogP contribution is -2.17. The van der Waals surface area contributed by atoms with Gasteiger partial charge in [-0.05, 0) is 12.8 Å². The molecule has 18 heavy (non-hydrogen) atoms. The molecule has 0 atom stereocenters. The van der Waals surface area contributed by atoms with Crippen molar-refractivity contribution < 1.29 is 13.2 Å². The zero-order chi connectivity index (χ0) is 12.9. The fourth-order valence-electron chi connectivity index (χ4n) is 2.15. The highest BCUT2D eigenvalue weighted by atomic mass is 19.4. The summed E-state index contributed by atoms with van der Waals surface area (Å²) in [5.74, 6) is 0.258. The van der Waals surface area contributed by atoms with Crippen LogP contribution in [-0.2, 0) is 6.18 Å². The van der Waals surface area contributed by atoms with E-state index < -0.39 is 17.6 Å². The van der Waals surface area contributed by atoms with Crippen molar-refractivity contribution in [2.24, 2.45) is 0 Å². The first-order valence-corrected chi connectivity index (χ1v) is 5.68. The fourth-order valence-corrected chi connectivity index (χ4v) is 2.15. The van der Waals surface area contributed by atoms with Gasteiger partial charge in [-0.25, -0.2) is 9.50 Å². The van der Waals surface area contributed by atoms with Crippen LogP contribution in [0.1, 0.15) is 36.6 Å². The van der Waals surface area contributed by atoms with E-state index in [1.165, 1.54) is 0 Å². The molecule has 3 rings (SSSR count). The summed E-state index contributed by atoms with van der Waals surface area (Å²) in [6.45, 7) is 0. The molecule has 2 N–H and O–H groups in total. The number of fused-ring (bicyclic) bond motifs is 1. The molecule has 1 saturated carbocycles. The lowest BCUT2D eigenvalue weighted by atomic mass is 9.83. The predicted molar refractivity (Wildman–Crippen MR) is 59.0 cm³/mol. The van der Waals surface area contributed by atoms with Crippen LogP contribution in [0.5, 0.6) is 0 Å². The highest BCUT2D eigenvalue weighted by Gasteiger charge is 2.37. The zero-order valence-corrected chi connectivity index (χ0v) is 9.41. The predicted octanol–water partition coefficient (Wildman–Crippen LogP) is 2.60. The summed E-state index contributed by atoms with van der Waals surface area (Å²) in [4.78, 5) is 3.89. The van der Waals surface area contributed by atoms with Crippen molar-refractivity contribution in [1.29, 1.82) is 0 Å². The van der Waals surface area contributed by atoms with Crippen LogP contribution in [0, 0.1) is 0 Å². The lowest BCUT2D eigenvalue weighted by molar-refractivity contribution is -0.142. The molecular weight excluding hydrogens is 245 g/mol. The minimum Gasteiger partial charge on any atom is -0.396 e. The number of halogens is 3. The molecule has 0 radical (unpaired) electrons. The van der Waals surface area contributed by atoms with Crippen molar-refractivity contribution in [2.45, 2.75) is 31.4 Å². The van der Waals surface area contributed by atoms with E-state index in [1.807, 2.05) is 0 Å². The van der Waals surface area contributed by atoms with Crippen molar-refractivity contribution in [3.05, 3.63) is 23.7 Å². The summed E-state index contributed by atoms with van der Waals surface area (Å²) in [5, 5.41) is 4.02. The van der Waals surface area contributed by atoms with Crippen LogP contribution in [0.25, 0.3) is 5.65 Å². The second-order valence-electron chi connectivity index (χ2n) is 4.53. The van der Waals surface area contributed by atoms with Crippen molar-refractivity contribution in [1.82, 2.24) is 14.6 Å². The van der Waals surface area contributed by atoms with Crippen LogP contribution in [0.2, 0.25) is 0 Å². The van der Waals surface area contributed by atoms with E-state index in [2.05, 4.69) is 10.1 Å². The van der Waals surface area contributed by atoms with Gasteiger partial charge in [0.2, 0.25) is 0 Å². The van der Waals surface area contributed by atoms with Crippen LogP contribution < -0.4 is 5.73 Å². The fraction of sp³-hybridized carbons (Fsp3) is 0.455. The Balaban J connectivity index is 2.20. The Morgan fingerprint density at radius 1 is 1.33 bits per heavy atom. The standard InChI is InChI=1S/C11H11F3N4/c12-11(13,14)10-7(15)5-16-9-4-8(17-18(9)10)6-2-1-3-6/h4-6H,1-3,15H2. The van der Waals surface area contributed by atoms with E-state index >= 15 is 0 Å². The topological polar surface area (TPSA) is 56.2 Å². The third kappa shape index (κ3) is 1.61. The average Bonchev–Trinajstić information content (AvgIpc) is 2.55. The normalized spacial score (nSPS) is 17.1. The lowest BCUT2D eigenvalue weighted by Gasteiger charge is -2.22. The molecule has 1 fully saturated rings. The number of anilines is 1. The van der Waals surface area contributed by atoms with Gasteiger partial charge in [-0.15, -0.1) is 0 Å². The molecule has 4 nitrogen and oxygen atoms in total. The van der Waals surface area contributed by atoms with Crippen LogP contribution in [0.3, 0.4) is 0 Å². The molecule has 2 aromatic rings. The molecule has 1 aliphatic rings. The molecule has 0 spiro atoms. The SMILES string of the molecule is Nc1cnc2cc(C3CCC3)nn2c1C(F)(F)F. The molecule has 1 aliphatic carbocycles. The van der Waals surface area contributed by atoms with Crippen LogP contribution >= 0.6 is 0 Å². The first kappa shape index (κ1) is 11.3. The van der Waals surface area contributed by atoms with E-state index in [-0.39, 0.29) is 11.6 Å². The average molecular weight is 256 g/mol. The highest BCUT2D eigenvalue weighted by Crippen LogP contribution is 2.37. The third-order valence-electron chi connectivity index (χ3n) is 3.32. The molecule has 96 valence electrons. The van der Waals surface area contributed by atoms with Gasteiger partial charge in [0.25, 0.3) is 0 Å². The van der Waals surface area contributed by atoms with Gasteiger partial charge in [-0.2, -0.15) is 18.3 Å². The van der Waals surface area contributed by atoms with Gasteiger partial charge in [0.05, 0.1) is 17.6 Å². The van der Waals surface area contributed by atoms with E-state index in [4.69, 9.17) is 5.73 Å². The molecule has 2 aromatic heterocycles. The van der Waals surface area contributed by atoms with Crippen LogP contribution in [0.15, 0.2) is 12.3 Å². The summed E-state index contributed by atoms with van der Waals surface area (Å²) in [6.07, 6.45) is -0.458. The van der Waals surface area contributed by atoms with Crippen LogP contribution in [0.4, 0.5) is 18.9 Å². The maximum atomic E-state index is 12.9. The Bertz CT molecular complexity index is 598. The minimum atomic E-state index is -4.53. The quantitative estimate of drug-likeness (QED) is 0.853. The van der Waals surface area contributed by atoms with Crippen molar-refractivity contribution in [3.8, 4) is 0 Å². The molecule has 2 heterocycles. The summed E-state index contributed by atoms with van der Waals surface area (Å²) in [5.41, 5.74) is 4.87. The zero-order valence-electron chi connectivity index (χ0n) is 9.41. The number of nitrogens with two attached hydrogens (primary N) is 1. The summed E-state index contributed by atoms with van der Waals surface area (Å²) in [7, 11) is 0. The number of nitrogens with zero attached hydrogens (tertiary/aromatic N) is 3. The van der Waals surface area contributed by atoms with E-state index in [0.29, 0.717) is 5.69 Å². The molecule has 0 saturated heterocycles. The number of aromatic nitrogens is 3. The molecule has 0 aliphatic heterocycles. The number of hydrogen-bond donors (Lipinski definition) is 1. The Morgan fingerprint density at radius 3 is 2.61 bits per heavy atom. The maximum Gasteiger partial charge on any atom is 0.435 e. The second kappa shape index (κ2) is 3.60. The van der Waals surface area contributed by atoms with Gasteiger partial charge in [0.15, 0.2) is 11.3 Å². The molecule has 0 aromatic carbocycles. The Kier molecular flexibility index (Phi) is 2.26. The molecule has 0 unspecified atom stereocenters. The summed E-state index contributed by atoms with van der Waals surface area (Å²) < 4.78 is 39.6. The number of hydrogen-bond acceptors (Lipinski definition) is 3. The number of alkyl halides is 3. The first-order chi connectivity index (χ1) is 8.47. The first-order valence-electron chi connectivity index (χ1n) is 5.68. The molecule has 7 heteroatoms. The van der Waals surface area contributed by atoms with Gasteiger partial charge in [-0.3, -0.25) is 0 Å². The van der Waals surface area contributed by atoms with Gasteiger partial charge in [0.1, 0.15) is 0 Å². The van der Waals surface area contributed by atoms with Crippen molar-refractivity contribution >= 4 is 11.3 Å². The van der Waals surface area contributed by atoms with E-state index in [9.17, 15) is 13.2 Å². The summed E-state index contributed by atoms with van der Waals surface area (Å²) in [6, 6.07) is 1.61. The van der Waals surface area contributed by atoms with Crippen molar-refractivity contribution in [3.63, 3.8) is 0 Å². The Labute approximate surface area is 101 Å². The molecule has 0 amide bonds. The highest BCUT2D eigenvalue weighted by molar-refractivity contribution is 5.51. The van der Waals surface area contributed by atoms with E-state index in [1.54, 1.807) is 6.07 Å². The number of nitrogen functional groups attached to an aromatic ring is 1. The molecule has 0 bridgehead atoms. The molecular formula is C11H11F3N4. The van der Waals surface area contributed by atoms with Crippen molar-refractivity contribution in [2.75, 3.05) is 5.73 Å². The largest absolute Gasteiger partial charge is 0.435 e. The monoisotopic (exact) mass is 256 g/mol. The summed E-state index contributed by atoms with van der Waals surface area (Å²) >= 11 is 0. The van der Waals surface area contributed by atoms with Gasteiger partial charge in [0, 0.05) is 12.0 Å². The number of rotatable bonds is 1. The van der Waals surface area contributed by atoms with Gasteiger partial charge < -0.3 is 5.73 Å². The maximum absolute atomic E-state index is 12.9. The van der Waals surface area contributed by atoms with E-state index in [0.717, 1.165) is 30.0 Å². The van der Waals surface area contributed by atoms with Gasteiger partial charge in [-0.1, -0.05) is 6.42 Å². The van der Waals surface area contributed by atoms with Crippen LogP contribution in [-0.4, -0.2) is 14.6 Å². The minimum absolute atomic E-state index is 0.193.